The summed E-state index contributed by atoms with van der Waals surface area (Å²) in [6.07, 6.45) is -5.89. The first-order valence-corrected chi connectivity index (χ1v) is 6.88. The maximum atomic E-state index is 13.6. The average molecular weight is 347 g/mol. The zero-order valence-electron chi connectivity index (χ0n) is 11.9. The third-order valence-electron chi connectivity index (χ3n) is 4.00. The van der Waals surface area contributed by atoms with Crippen molar-refractivity contribution in [1.82, 2.24) is 4.90 Å². The molecule has 24 heavy (non-hydrogen) atoms. The Hall–Kier alpha value is -2.39. The molecule has 10 heteroatoms. The van der Waals surface area contributed by atoms with Crippen molar-refractivity contribution in [3.05, 3.63) is 35.9 Å². The molecule has 0 aromatic heterocycles. The van der Waals surface area contributed by atoms with Crippen LogP contribution in [0.4, 0.5) is 22.0 Å². The van der Waals surface area contributed by atoms with Crippen LogP contribution in [-0.4, -0.2) is 40.9 Å². The quantitative estimate of drug-likeness (QED) is 0.623. The van der Waals surface area contributed by atoms with E-state index < -0.39 is 41.9 Å². The summed E-state index contributed by atoms with van der Waals surface area (Å²) < 4.78 is 64.8. The molecule has 0 bridgehead atoms. The number of alkyl halides is 5. The third kappa shape index (κ3) is 2.36. The number of carbonyl (C=O) groups is 2. The number of hydrogen-bond donors (Lipinski definition) is 0. The van der Waals surface area contributed by atoms with Crippen molar-refractivity contribution in [3.8, 4) is 0 Å². The molecule has 1 saturated heterocycles. The van der Waals surface area contributed by atoms with E-state index in [9.17, 15) is 31.5 Å². The second kappa shape index (κ2) is 5.32. The van der Waals surface area contributed by atoms with E-state index in [-0.39, 0.29) is 6.54 Å². The van der Waals surface area contributed by atoms with Crippen molar-refractivity contribution in [1.29, 1.82) is 0 Å². The molecule has 5 nitrogen and oxygen atoms in total. The van der Waals surface area contributed by atoms with E-state index in [0.717, 1.165) is 0 Å². The van der Waals surface area contributed by atoms with E-state index in [1.54, 1.807) is 30.3 Å². The van der Waals surface area contributed by atoms with Crippen molar-refractivity contribution >= 4 is 11.8 Å². The van der Waals surface area contributed by atoms with Gasteiger partial charge in [-0.2, -0.15) is 32.2 Å². The number of likely N-dealkylation sites (tertiary alicyclic amines) is 1. The Balaban J connectivity index is 1.88. The Morgan fingerprint density at radius 2 is 1.58 bits per heavy atom. The first-order chi connectivity index (χ1) is 11.1. The highest BCUT2D eigenvalue weighted by Crippen LogP contribution is 2.47. The Morgan fingerprint density at radius 1 is 0.958 bits per heavy atom. The molecule has 0 N–H and O–H groups in total. The second-order valence-electron chi connectivity index (χ2n) is 5.52. The molecule has 3 rings (SSSR count). The molecule has 1 fully saturated rings. The number of amides is 2. The zero-order valence-corrected chi connectivity index (χ0v) is 11.9. The minimum atomic E-state index is -5.89. The van der Waals surface area contributed by atoms with E-state index in [0.29, 0.717) is 10.5 Å². The lowest BCUT2D eigenvalue weighted by atomic mass is 9.91. The lowest BCUT2D eigenvalue weighted by molar-refractivity contribution is -0.291. The van der Waals surface area contributed by atoms with Gasteiger partial charge < -0.3 is 0 Å². The molecule has 0 saturated carbocycles. The van der Waals surface area contributed by atoms with Crippen LogP contribution in [0.1, 0.15) is 5.56 Å². The Labute approximate surface area is 132 Å². The minimum absolute atomic E-state index is 0.217. The largest absolute Gasteiger partial charge is 0.455 e. The number of hydrogen-bond acceptors (Lipinski definition) is 4. The molecule has 128 valence electrons. The van der Waals surface area contributed by atoms with Gasteiger partial charge in [-0.05, 0) is 5.56 Å². The van der Waals surface area contributed by atoms with Crippen molar-refractivity contribution in [3.63, 3.8) is 0 Å². The molecule has 2 heterocycles. The first-order valence-electron chi connectivity index (χ1n) is 6.88. The number of nitrogens with zero attached hydrogens (tertiary/aromatic N) is 3. The predicted octanol–water partition coefficient (Wildman–Crippen LogP) is 2.57. The number of benzene rings is 1. The highest BCUT2D eigenvalue weighted by Gasteiger charge is 2.70. The Bertz CT molecular complexity index is 704. The molecule has 0 spiro atoms. The lowest BCUT2D eigenvalue weighted by Gasteiger charge is -2.26. The molecule has 3 atom stereocenters. The zero-order chi connectivity index (χ0) is 17.7. The van der Waals surface area contributed by atoms with Gasteiger partial charge in [0.1, 0.15) is 5.92 Å². The molecule has 0 radical (unpaired) electrons. The molecule has 0 aliphatic carbocycles. The maximum Gasteiger partial charge on any atom is 0.455 e. The van der Waals surface area contributed by atoms with Crippen LogP contribution < -0.4 is 0 Å². The maximum absolute atomic E-state index is 13.6. The van der Waals surface area contributed by atoms with Gasteiger partial charge in [-0.3, -0.25) is 14.5 Å². The molecule has 1 aromatic rings. The van der Waals surface area contributed by atoms with Crippen LogP contribution >= 0.6 is 0 Å². The van der Waals surface area contributed by atoms with Crippen molar-refractivity contribution in [2.45, 2.75) is 30.7 Å². The van der Waals surface area contributed by atoms with Gasteiger partial charge in [0.2, 0.25) is 5.91 Å². The first kappa shape index (κ1) is 16.5. The minimum Gasteiger partial charge on any atom is -0.276 e. The van der Waals surface area contributed by atoms with Gasteiger partial charge in [-0.1, -0.05) is 30.3 Å². The summed E-state index contributed by atoms with van der Waals surface area (Å²) in [6, 6.07) is 3.82. The monoisotopic (exact) mass is 347 g/mol. The van der Waals surface area contributed by atoms with Crippen molar-refractivity contribution in [2.24, 2.45) is 16.1 Å². The van der Waals surface area contributed by atoms with Crippen molar-refractivity contribution in [2.75, 3.05) is 0 Å². The van der Waals surface area contributed by atoms with Crippen LogP contribution in [0.5, 0.6) is 0 Å². The van der Waals surface area contributed by atoms with E-state index >= 15 is 0 Å². The van der Waals surface area contributed by atoms with Gasteiger partial charge >= 0.3 is 12.1 Å². The number of imide groups is 1. The summed E-state index contributed by atoms with van der Waals surface area (Å²) in [5.74, 6) is -9.21. The molecular formula is C14H10F5N3O2. The van der Waals surface area contributed by atoms with Crippen LogP contribution in [0.2, 0.25) is 0 Å². The van der Waals surface area contributed by atoms with Gasteiger partial charge in [-0.25, -0.2) is 0 Å². The summed E-state index contributed by atoms with van der Waals surface area (Å²) in [5, 5.41) is 6.10. The molecule has 2 aliphatic rings. The van der Waals surface area contributed by atoms with E-state index in [1.165, 1.54) is 0 Å². The highest BCUT2D eigenvalue weighted by molar-refractivity contribution is 6.07. The number of fused-ring (bicyclic) bond motifs is 1. The van der Waals surface area contributed by atoms with Crippen LogP contribution in [-0.2, 0) is 16.1 Å². The standard InChI is InChI=1S/C14H10F5N3O2/c15-13(16,14(17,18)19)10-8-9(20-21-10)12(24)22(11(8)23)6-7-4-2-1-3-5-7/h1-5,8-10H,6H2/t8-,9-,10-/m1/s1. The summed E-state index contributed by atoms with van der Waals surface area (Å²) in [5.41, 5.74) is 0.537. The molecular weight excluding hydrogens is 337 g/mol. The van der Waals surface area contributed by atoms with Gasteiger partial charge in [0.15, 0.2) is 12.1 Å². The van der Waals surface area contributed by atoms with E-state index in [4.69, 9.17) is 0 Å². The lowest BCUT2D eigenvalue weighted by Crippen LogP contribution is -2.51. The van der Waals surface area contributed by atoms with E-state index in [1.807, 2.05) is 0 Å². The highest BCUT2D eigenvalue weighted by atomic mass is 19.4. The number of carbonyl (C=O) groups excluding carboxylic acids is 2. The number of rotatable bonds is 3. The molecule has 2 aliphatic heterocycles. The summed E-state index contributed by atoms with van der Waals surface area (Å²) in [6.45, 7) is -0.217. The van der Waals surface area contributed by atoms with Gasteiger partial charge in [0, 0.05) is 0 Å². The van der Waals surface area contributed by atoms with Crippen molar-refractivity contribution < 1.29 is 31.5 Å². The van der Waals surface area contributed by atoms with Gasteiger partial charge in [0.05, 0.1) is 6.54 Å². The fourth-order valence-corrected chi connectivity index (χ4v) is 2.77. The number of halogens is 5. The summed E-state index contributed by atoms with van der Waals surface area (Å²) >= 11 is 0. The fourth-order valence-electron chi connectivity index (χ4n) is 2.77. The Morgan fingerprint density at radius 3 is 2.17 bits per heavy atom. The van der Waals surface area contributed by atoms with Crippen LogP contribution in [0.3, 0.4) is 0 Å². The Kier molecular flexibility index (Phi) is 3.65. The van der Waals surface area contributed by atoms with Crippen LogP contribution in [0.15, 0.2) is 40.6 Å². The summed E-state index contributed by atoms with van der Waals surface area (Å²) in [4.78, 5) is 25.1. The van der Waals surface area contributed by atoms with Crippen LogP contribution in [0.25, 0.3) is 0 Å². The molecule has 2 amide bonds. The van der Waals surface area contributed by atoms with Crippen LogP contribution in [0, 0.1) is 5.92 Å². The van der Waals surface area contributed by atoms with Gasteiger partial charge in [0.25, 0.3) is 5.91 Å². The SMILES string of the molecule is O=C1[C@H]2[C@H](C(F)(F)C(F)(F)F)N=N[C@H]2C(=O)N1Cc1ccccc1. The number of azo groups is 1. The topological polar surface area (TPSA) is 62.1 Å². The van der Waals surface area contributed by atoms with Gasteiger partial charge in [-0.15, -0.1) is 0 Å². The third-order valence-corrected chi connectivity index (χ3v) is 4.00. The average Bonchev–Trinajstić information content (AvgIpc) is 3.04. The molecule has 1 aromatic carbocycles. The summed E-state index contributed by atoms with van der Waals surface area (Å²) in [7, 11) is 0. The smallest absolute Gasteiger partial charge is 0.276 e. The normalized spacial score (nSPS) is 27.0. The van der Waals surface area contributed by atoms with E-state index in [2.05, 4.69) is 10.2 Å². The molecule has 0 unspecified atom stereocenters. The fraction of sp³-hybridized carbons (Fsp3) is 0.429. The second-order valence-corrected chi connectivity index (χ2v) is 5.52. The predicted molar refractivity (Wildman–Crippen MR) is 68.9 cm³/mol.